The Balaban J connectivity index is 2.11. The first-order valence-corrected chi connectivity index (χ1v) is 7.49. The van der Waals surface area contributed by atoms with E-state index in [1.54, 1.807) is 0 Å². The van der Waals surface area contributed by atoms with Crippen molar-refractivity contribution in [1.29, 1.82) is 0 Å². The third-order valence-electron chi connectivity index (χ3n) is 3.65. The second kappa shape index (κ2) is 7.64. The summed E-state index contributed by atoms with van der Waals surface area (Å²) in [4.78, 5) is 27.4. The van der Waals surface area contributed by atoms with Crippen LogP contribution in [0.3, 0.4) is 0 Å². The number of aromatic nitrogens is 2. The molecule has 0 spiro atoms. The molecule has 1 saturated heterocycles. The Bertz CT molecular complexity index is 604. The molecular formula is C14H21N3O6. The summed E-state index contributed by atoms with van der Waals surface area (Å²) in [6.45, 7) is 1.48. The molecule has 0 saturated carbocycles. The fourth-order valence-electron chi connectivity index (χ4n) is 2.33. The molecule has 23 heavy (non-hydrogen) atoms. The molecule has 1 aliphatic rings. The Kier molecular flexibility index (Phi) is 5.83. The Morgan fingerprint density at radius 3 is 2.74 bits per heavy atom. The molecule has 1 aromatic heterocycles. The smallest absolute Gasteiger partial charge is 0.351 e. The van der Waals surface area contributed by atoms with Gasteiger partial charge in [0, 0.05) is 12.6 Å². The van der Waals surface area contributed by atoms with Gasteiger partial charge in [-0.05, 0) is 12.5 Å². The minimum absolute atomic E-state index is 0.110. The summed E-state index contributed by atoms with van der Waals surface area (Å²) in [5, 5.41) is 31.2. The van der Waals surface area contributed by atoms with Crippen molar-refractivity contribution < 1.29 is 24.9 Å². The highest BCUT2D eigenvalue weighted by molar-refractivity contribution is 5.89. The topological polar surface area (TPSA) is 134 Å². The van der Waals surface area contributed by atoms with E-state index in [9.17, 15) is 19.8 Å². The van der Waals surface area contributed by atoms with Crippen LogP contribution in [0.5, 0.6) is 0 Å². The molecule has 1 unspecified atom stereocenters. The number of unbranched alkanes of at least 4 members (excludes halogenated alkanes) is 1. The van der Waals surface area contributed by atoms with E-state index in [-0.39, 0.29) is 11.7 Å². The van der Waals surface area contributed by atoms with Gasteiger partial charge in [0.25, 0.3) is 0 Å². The number of ether oxygens (including phenoxy) is 1. The van der Waals surface area contributed by atoms with E-state index in [1.165, 1.54) is 12.3 Å². The lowest BCUT2D eigenvalue weighted by atomic mass is 10.1. The average Bonchev–Trinajstić information content (AvgIpc) is 2.81. The van der Waals surface area contributed by atoms with Crippen LogP contribution < -0.4 is 11.0 Å². The number of nitrogens with zero attached hydrogens (tertiary/aromatic N) is 2. The number of hydrogen-bond donors (Lipinski definition) is 4. The molecule has 1 aliphatic heterocycles. The number of aliphatic hydroxyl groups excluding tert-OH is 3. The number of rotatable bonds is 6. The Labute approximate surface area is 132 Å². The zero-order valence-electron chi connectivity index (χ0n) is 12.8. The SMILES string of the molecule is CCCCC(=O)Nc1ccn([C@@H]2O[C@H](CO)C(O)[C@H]2O)c(=O)n1. The van der Waals surface area contributed by atoms with Gasteiger partial charge < -0.3 is 25.4 Å². The van der Waals surface area contributed by atoms with Gasteiger partial charge in [0.2, 0.25) is 5.91 Å². The van der Waals surface area contributed by atoms with E-state index < -0.39 is 36.8 Å². The van der Waals surface area contributed by atoms with Crippen LogP contribution in [0.25, 0.3) is 0 Å². The Hall–Kier alpha value is -1.81. The Morgan fingerprint density at radius 1 is 1.43 bits per heavy atom. The molecule has 1 aromatic rings. The molecule has 1 fully saturated rings. The molecule has 4 N–H and O–H groups in total. The van der Waals surface area contributed by atoms with Gasteiger partial charge in [0.15, 0.2) is 6.23 Å². The van der Waals surface area contributed by atoms with Gasteiger partial charge in [-0.25, -0.2) is 4.79 Å². The highest BCUT2D eigenvalue weighted by Crippen LogP contribution is 2.28. The highest BCUT2D eigenvalue weighted by atomic mass is 16.6. The van der Waals surface area contributed by atoms with E-state index in [2.05, 4.69) is 10.3 Å². The van der Waals surface area contributed by atoms with Crippen LogP contribution in [-0.2, 0) is 9.53 Å². The lowest BCUT2D eigenvalue weighted by Crippen LogP contribution is -2.36. The monoisotopic (exact) mass is 327 g/mol. The predicted octanol–water partition coefficient (Wildman–Crippen LogP) is -1.02. The van der Waals surface area contributed by atoms with Gasteiger partial charge in [-0.3, -0.25) is 9.36 Å². The maximum Gasteiger partial charge on any atom is 0.351 e. The Morgan fingerprint density at radius 2 is 2.17 bits per heavy atom. The van der Waals surface area contributed by atoms with Crippen LogP contribution in [0, 0.1) is 0 Å². The number of hydrogen-bond acceptors (Lipinski definition) is 7. The normalized spacial score (nSPS) is 27.1. The third kappa shape index (κ3) is 3.94. The molecule has 0 radical (unpaired) electrons. The fraction of sp³-hybridized carbons (Fsp3) is 0.643. The number of carbonyl (C=O) groups excluding carboxylic acids is 1. The number of anilines is 1. The van der Waals surface area contributed by atoms with E-state index >= 15 is 0 Å². The first-order chi connectivity index (χ1) is 11.0. The van der Waals surface area contributed by atoms with Crippen molar-refractivity contribution in [3.8, 4) is 0 Å². The molecule has 2 heterocycles. The van der Waals surface area contributed by atoms with Gasteiger partial charge in [-0.1, -0.05) is 13.3 Å². The quantitative estimate of drug-likeness (QED) is 0.525. The second-order valence-corrected chi connectivity index (χ2v) is 5.38. The van der Waals surface area contributed by atoms with E-state index in [0.717, 1.165) is 17.4 Å². The predicted molar refractivity (Wildman–Crippen MR) is 79.7 cm³/mol. The lowest BCUT2D eigenvalue weighted by molar-refractivity contribution is -0.116. The fourth-order valence-corrected chi connectivity index (χ4v) is 2.33. The van der Waals surface area contributed by atoms with Crippen LogP contribution in [0.15, 0.2) is 17.1 Å². The number of aliphatic hydroxyl groups is 3. The minimum atomic E-state index is -1.36. The van der Waals surface area contributed by atoms with Crippen molar-refractivity contribution in [2.45, 2.75) is 50.7 Å². The van der Waals surface area contributed by atoms with Crippen LogP contribution in [-0.4, -0.2) is 55.7 Å². The largest absolute Gasteiger partial charge is 0.394 e. The summed E-state index contributed by atoms with van der Waals surface area (Å²) in [6.07, 6.45) is -1.51. The summed E-state index contributed by atoms with van der Waals surface area (Å²) < 4.78 is 6.27. The van der Waals surface area contributed by atoms with Crippen molar-refractivity contribution >= 4 is 11.7 Å². The molecule has 0 aromatic carbocycles. The molecule has 1 amide bonds. The number of carbonyl (C=O) groups is 1. The van der Waals surface area contributed by atoms with E-state index in [1.807, 2.05) is 6.92 Å². The standard InChI is InChI=1S/C14H21N3O6/c1-2-3-4-10(19)15-9-5-6-17(14(22)16-9)13-12(21)11(20)8(7-18)23-13/h5-6,8,11-13,18,20-21H,2-4,7H2,1H3,(H,15,16,19,22)/t8-,11?,12-,13-/m1/s1. The van der Waals surface area contributed by atoms with Crippen molar-refractivity contribution in [3.63, 3.8) is 0 Å². The number of nitrogens with one attached hydrogen (secondary N) is 1. The van der Waals surface area contributed by atoms with Crippen LogP contribution in [0.2, 0.25) is 0 Å². The molecule has 9 heteroatoms. The maximum absolute atomic E-state index is 12.0. The van der Waals surface area contributed by atoms with E-state index in [0.29, 0.717) is 6.42 Å². The van der Waals surface area contributed by atoms with Crippen molar-refractivity contribution in [2.24, 2.45) is 0 Å². The molecule has 2 rings (SSSR count). The zero-order chi connectivity index (χ0) is 17.0. The molecule has 0 bridgehead atoms. The van der Waals surface area contributed by atoms with Crippen LogP contribution in [0.4, 0.5) is 5.82 Å². The van der Waals surface area contributed by atoms with Gasteiger partial charge >= 0.3 is 5.69 Å². The third-order valence-corrected chi connectivity index (χ3v) is 3.65. The summed E-state index contributed by atoms with van der Waals surface area (Å²) in [6, 6.07) is 1.40. The molecule has 4 atom stereocenters. The number of amides is 1. The van der Waals surface area contributed by atoms with Gasteiger partial charge in [0.05, 0.1) is 6.61 Å². The van der Waals surface area contributed by atoms with Crippen LogP contribution in [0.1, 0.15) is 32.4 Å². The first kappa shape index (κ1) is 17.5. The molecule has 0 aliphatic carbocycles. The van der Waals surface area contributed by atoms with Gasteiger partial charge in [-0.15, -0.1) is 0 Å². The zero-order valence-corrected chi connectivity index (χ0v) is 12.8. The summed E-state index contributed by atoms with van der Waals surface area (Å²) in [7, 11) is 0. The highest BCUT2D eigenvalue weighted by Gasteiger charge is 2.43. The van der Waals surface area contributed by atoms with Crippen molar-refractivity contribution in [3.05, 3.63) is 22.7 Å². The van der Waals surface area contributed by atoms with Gasteiger partial charge in [-0.2, -0.15) is 4.98 Å². The maximum atomic E-state index is 12.0. The summed E-state index contributed by atoms with van der Waals surface area (Å²) in [5.74, 6) is -0.122. The minimum Gasteiger partial charge on any atom is -0.394 e. The average molecular weight is 327 g/mol. The first-order valence-electron chi connectivity index (χ1n) is 7.49. The van der Waals surface area contributed by atoms with Gasteiger partial charge in [0.1, 0.15) is 24.1 Å². The summed E-state index contributed by atoms with van der Waals surface area (Å²) in [5.41, 5.74) is -0.742. The lowest BCUT2D eigenvalue weighted by Gasteiger charge is -2.17. The summed E-state index contributed by atoms with van der Waals surface area (Å²) >= 11 is 0. The molecule has 9 nitrogen and oxygen atoms in total. The molecule has 128 valence electrons. The molecular weight excluding hydrogens is 306 g/mol. The van der Waals surface area contributed by atoms with E-state index in [4.69, 9.17) is 9.84 Å². The van der Waals surface area contributed by atoms with Crippen molar-refractivity contribution in [1.82, 2.24) is 9.55 Å². The van der Waals surface area contributed by atoms with Crippen molar-refractivity contribution in [2.75, 3.05) is 11.9 Å². The second-order valence-electron chi connectivity index (χ2n) is 5.38. The van der Waals surface area contributed by atoms with Crippen LogP contribution >= 0.6 is 0 Å².